The molecule has 0 aromatic heterocycles. The maximum absolute atomic E-state index is 5.49. The number of hydrogen-bond acceptors (Lipinski definition) is 2. The summed E-state index contributed by atoms with van der Waals surface area (Å²) >= 11 is 0. The van der Waals surface area contributed by atoms with Gasteiger partial charge in [0.25, 0.3) is 0 Å². The van der Waals surface area contributed by atoms with E-state index < -0.39 is 0 Å². The topological polar surface area (TPSA) is 29.3 Å². The Morgan fingerprint density at radius 1 is 1.31 bits per heavy atom. The highest BCUT2D eigenvalue weighted by atomic mass is 15.2. The van der Waals surface area contributed by atoms with Crippen molar-refractivity contribution in [3.05, 3.63) is 0 Å². The third-order valence-corrected chi connectivity index (χ3v) is 2.56. The fraction of sp³-hybridized carbons (Fsp3) is 1.00. The van der Waals surface area contributed by atoms with Gasteiger partial charge in [0.05, 0.1) is 0 Å². The van der Waals surface area contributed by atoms with E-state index in [4.69, 9.17) is 5.73 Å². The van der Waals surface area contributed by atoms with E-state index in [2.05, 4.69) is 18.7 Å². The third kappa shape index (κ3) is 4.63. The lowest BCUT2D eigenvalue weighted by molar-refractivity contribution is 0.230. The largest absolute Gasteiger partial charge is 0.330 e. The van der Waals surface area contributed by atoms with Crippen LogP contribution in [0, 0.1) is 5.92 Å². The Kier molecular flexibility index (Phi) is 4.74. The van der Waals surface area contributed by atoms with E-state index in [1.807, 2.05) is 0 Å². The predicted molar refractivity (Wildman–Crippen MR) is 57.7 cm³/mol. The Morgan fingerprint density at radius 3 is 2.46 bits per heavy atom. The molecule has 0 spiro atoms. The van der Waals surface area contributed by atoms with Crippen molar-refractivity contribution in [2.45, 2.75) is 45.6 Å². The molecule has 0 unspecified atom stereocenters. The van der Waals surface area contributed by atoms with Crippen LogP contribution in [0.2, 0.25) is 0 Å². The van der Waals surface area contributed by atoms with Crippen molar-refractivity contribution in [2.75, 3.05) is 19.6 Å². The van der Waals surface area contributed by atoms with E-state index in [-0.39, 0.29) is 0 Å². The van der Waals surface area contributed by atoms with Gasteiger partial charge in [0.15, 0.2) is 0 Å². The summed E-state index contributed by atoms with van der Waals surface area (Å²) in [5.41, 5.74) is 5.49. The molecule has 78 valence electrons. The fourth-order valence-corrected chi connectivity index (χ4v) is 1.79. The van der Waals surface area contributed by atoms with E-state index >= 15 is 0 Å². The molecule has 13 heavy (non-hydrogen) atoms. The minimum atomic E-state index is 0.804. The van der Waals surface area contributed by atoms with Gasteiger partial charge in [0.1, 0.15) is 0 Å². The SMILES string of the molecule is CC(C)CN(CCCCN)C1CC1. The van der Waals surface area contributed by atoms with E-state index in [1.165, 1.54) is 38.8 Å². The van der Waals surface area contributed by atoms with Gasteiger partial charge in [-0.15, -0.1) is 0 Å². The van der Waals surface area contributed by atoms with Gasteiger partial charge in [-0.25, -0.2) is 0 Å². The van der Waals surface area contributed by atoms with Crippen LogP contribution in [0.15, 0.2) is 0 Å². The molecule has 2 N–H and O–H groups in total. The van der Waals surface area contributed by atoms with Crippen LogP contribution in [0.25, 0.3) is 0 Å². The monoisotopic (exact) mass is 184 g/mol. The van der Waals surface area contributed by atoms with Gasteiger partial charge in [-0.1, -0.05) is 13.8 Å². The first kappa shape index (κ1) is 11.0. The molecule has 1 saturated carbocycles. The quantitative estimate of drug-likeness (QED) is 0.612. The van der Waals surface area contributed by atoms with Crippen LogP contribution in [0.1, 0.15) is 39.5 Å². The van der Waals surface area contributed by atoms with E-state index in [1.54, 1.807) is 0 Å². The first-order valence-electron chi connectivity index (χ1n) is 5.68. The number of rotatable bonds is 7. The van der Waals surface area contributed by atoms with Gasteiger partial charge in [0.2, 0.25) is 0 Å². The molecule has 2 heteroatoms. The van der Waals surface area contributed by atoms with Gasteiger partial charge in [-0.3, -0.25) is 0 Å². The zero-order valence-corrected chi connectivity index (χ0v) is 9.13. The molecule has 1 fully saturated rings. The number of nitrogens with zero attached hydrogens (tertiary/aromatic N) is 1. The fourth-order valence-electron chi connectivity index (χ4n) is 1.79. The summed E-state index contributed by atoms with van der Waals surface area (Å²) in [6, 6.07) is 0.917. The second kappa shape index (κ2) is 5.61. The second-order valence-electron chi connectivity index (χ2n) is 4.62. The van der Waals surface area contributed by atoms with Gasteiger partial charge in [-0.2, -0.15) is 0 Å². The first-order chi connectivity index (χ1) is 6.24. The summed E-state index contributed by atoms with van der Waals surface area (Å²) in [6.07, 6.45) is 5.31. The Morgan fingerprint density at radius 2 is 2.00 bits per heavy atom. The van der Waals surface area contributed by atoms with Gasteiger partial charge >= 0.3 is 0 Å². The van der Waals surface area contributed by atoms with Crippen molar-refractivity contribution in [3.8, 4) is 0 Å². The molecule has 0 atom stereocenters. The molecule has 2 nitrogen and oxygen atoms in total. The van der Waals surface area contributed by atoms with Crippen LogP contribution in [0.4, 0.5) is 0 Å². The molecule has 1 aliphatic rings. The minimum absolute atomic E-state index is 0.804. The third-order valence-electron chi connectivity index (χ3n) is 2.56. The first-order valence-corrected chi connectivity index (χ1v) is 5.68. The molecule has 0 aliphatic heterocycles. The molecule has 0 bridgehead atoms. The normalized spacial score (nSPS) is 17.3. The molecule has 1 aliphatic carbocycles. The summed E-state index contributed by atoms with van der Waals surface area (Å²) in [4.78, 5) is 2.65. The Hall–Kier alpha value is -0.0800. The number of nitrogens with two attached hydrogens (primary N) is 1. The van der Waals surface area contributed by atoms with Gasteiger partial charge < -0.3 is 10.6 Å². The molecule has 0 heterocycles. The van der Waals surface area contributed by atoms with Crippen LogP contribution in [0.5, 0.6) is 0 Å². The van der Waals surface area contributed by atoms with E-state index in [0.29, 0.717) is 0 Å². The Labute approximate surface area is 82.5 Å². The van der Waals surface area contributed by atoms with Crippen molar-refractivity contribution in [3.63, 3.8) is 0 Å². The molecule has 0 radical (unpaired) electrons. The van der Waals surface area contributed by atoms with Gasteiger partial charge in [-0.05, 0) is 44.7 Å². The standard InChI is InChI=1S/C11H24N2/c1-10(2)9-13(11-5-6-11)8-4-3-7-12/h10-11H,3-9,12H2,1-2H3. The summed E-state index contributed by atoms with van der Waals surface area (Å²) in [5, 5.41) is 0. The molecule has 1 rings (SSSR count). The lowest BCUT2D eigenvalue weighted by atomic mass is 10.2. The summed E-state index contributed by atoms with van der Waals surface area (Å²) in [5.74, 6) is 0.804. The highest BCUT2D eigenvalue weighted by Crippen LogP contribution is 2.27. The summed E-state index contributed by atoms with van der Waals surface area (Å²) in [7, 11) is 0. The summed E-state index contributed by atoms with van der Waals surface area (Å²) in [6.45, 7) is 7.99. The van der Waals surface area contributed by atoms with Crippen molar-refractivity contribution >= 4 is 0 Å². The maximum Gasteiger partial charge on any atom is 0.00965 e. The zero-order chi connectivity index (χ0) is 9.68. The Bertz CT molecular complexity index is 130. The molecule has 0 saturated heterocycles. The minimum Gasteiger partial charge on any atom is -0.330 e. The average molecular weight is 184 g/mol. The van der Waals surface area contributed by atoms with Crippen molar-refractivity contribution < 1.29 is 0 Å². The molecule has 0 aromatic carbocycles. The van der Waals surface area contributed by atoms with Gasteiger partial charge in [0, 0.05) is 12.6 Å². The molecule has 0 aromatic rings. The van der Waals surface area contributed by atoms with Crippen LogP contribution >= 0.6 is 0 Å². The number of hydrogen-bond donors (Lipinski definition) is 1. The zero-order valence-electron chi connectivity index (χ0n) is 9.13. The molecule has 0 amide bonds. The molecular weight excluding hydrogens is 160 g/mol. The van der Waals surface area contributed by atoms with Crippen LogP contribution < -0.4 is 5.73 Å². The lowest BCUT2D eigenvalue weighted by Gasteiger charge is -2.23. The van der Waals surface area contributed by atoms with Crippen LogP contribution in [-0.2, 0) is 0 Å². The summed E-state index contributed by atoms with van der Waals surface area (Å²) < 4.78 is 0. The van der Waals surface area contributed by atoms with E-state index in [9.17, 15) is 0 Å². The van der Waals surface area contributed by atoms with E-state index in [0.717, 1.165) is 18.5 Å². The molecular formula is C11H24N2. The maximum atomic E-state index is 5.49. The van der Waals surface area contributed by atoms with Crippen molar-refractivity contribution in [1.82, 2.24) is 4.90 Å². The smallest absolute Gasteiger partial charge is 0.00965 e. The second-order valence-corrected chi connectivity index (χ2v) is 4.62. The predicted octanol–water partition coefficient (Wildman–Crippen LogP) is 1.85. The number of unbranched alkanes of at least 4 members (excludes halogenated alkanes) is 1. The van der Waals surface area contributed by atoms with Crippen LogP contribution in [-0.4, -0.2) is 30.6 Å². The average Bonchev–Trinajstić information content (AvgIpc) is 2.84. The van der Waals surface area contributed by atoms with Crippen molar-refractivity contribution in [2.24, 2.45) is 11.7 Å². The van der Waals surface area contributed by atoms with Crippen LogP contribution in [0.3, 0.4) is 0 Å². The lowest BCUT2D eigenvalue weighted by Crippen LogP contribution is -2.31. The highest BCUT2D eigenvalue weighted by molar-refractivity contribution is 4.84. The highest BCUT2D eigenvalue weighted by Gasteiger charge is 2.28. The van der Waals surface area contributed by atoms with Crippen molar-refractivity contribution in [1.29, 1.82) is 0 Å². The Balaban J connectivity index is 2.13.